The van der Waals surface area contributed by atoms with Crippen molar-refractivity contribution in [2.75, 3.05) is 35.7 Å². The minimum atomic E-state index is -0.838. The van der Waals surface area contributed by atoms with Crippen molar-refractivity contribution in [2.24, 2.45) is 0 Å². The van der Waals surface area contributed by atoms with Crippen LogP contribution in [-0.4, -0.2) is 64.4 Å². The number of nitrogens with zero attached hydrogens (tertiary/aromatic N) is 4. The summed E-state index contributed by atoms with van der Waals surface area (Å²) in [4.78, 5) is 50.6. The molecule has 2 aromatic carbocycles. The zero-order chi connectivity index (χ0) is 35.4. The summed E-state index contributed by atoms with van der Waals surface area (Å²) < 4.78 is 33.6. The number of pyridine rings is 2. The highest BCUT2D eigenvalue weighted by Crippen LogP contribution is 2.43. The molecule has 0 radical (unpaired) electrons. The largest absolute Gasteiger partial charge is 0.474 e. The van der Waals surface area contributed by atoms with Gasteiger partial charge >= 0.3 is 12.2 Å². The summed E-state index contributed by atoms with van der Waals surface area (Å²) >= 11 is 0. The number of carbonyl (C=O) groups is 3. The molecule has 0 saturated carbocycles. The van der Waals surface area contributed by atoms with Crippen LogP contribution < -0.4 is 20.3 Å². The first-order chi connectivity index (χ1) is 23.0. The molecule has 12 nitrogen and oxygen atoms in total. The Balaban J connectivity index is 1.46. The topological polar surface area (TPSA) is 135 Å². The molecule has 0 bridgehead atoms. The Hall–Kier alpha value is -5.46. The predicted octanol–water partition coefficient (Wildman–Crippen LogP) is 7.55. The van der Waals surface area contributed by atoms with E-state index in [0.29, 0.717) is 45.5 Å². The Morgan fingerprint density at radius 1 is 0.959 bits per heavy atom. The third-order valence-electron chi connectivity index (χ3n) is 7.95. The molecule has 2 aromatic heterocycles. The molecule has 6 rings (SSSR count). The molecule has 2 N–H and O–H groups in total. The van der Waals surface area contributed by atoms with Crippen LogP contribution in [0.5, 0.6) is 5.88 Å². The van der Waals surface area contributed by atoms with Gasteiger partial charge in [0.2, 0.25) is 5.88 Å². The number of anilines is 4. The highest BCUT2D eigenvalue weighted by atomic mass is 19.1. The number of hydrogen-bond acceptors (Lipinski definition) is 9. The quantitative estimate of drug-likeness (QED) is 0.226. The molecule has 256 valence electrons. The van der Waals surface area contributed by atoms with E-state index in [-0.39, 0.29) is 36.2 Å². The standard InChI is InChI=1S/C36H39FN6O6/c1-19-25(16-39-31-30(19)43(11-12-47-31)34(46)49-36(5,6)7)24-14-20-15-27(40-22-9-10-23-21(13-22)18-42(8)32(23)44)38-17-26(20)29(28(24)37)41-33(45)48-35(2,3)4/h9-10,13-17H,11-12,18H2,1-8H3,(H,38,40)(H,41,45). The monoisotopic (exact) mass is 670 g/mol. The molecule has 0 fully saturated rings. The number of carbonyl (C=O) groups excluding carboxylic acids is 3. The second-order valence-corrected chi connectivity index (χ2v) is 14.1. The molecule has 0 saturated heterocycles. The van der Waals surface area contributed by atoms with Gasteiger partial charge in [0.05, 0.1) is 12.2 Å². The van der Waals surface area contributed by atoms with Crippen molar-refractivity contribution in [3.63, 3.8) is 0 Å². The number of aromatic nitrogens is 2. The average molecular weight is 671 g/mol. The van der Waals surface area contributed by atoms with E-state index < -0.39 is 29.2 Å². The van der Waals surface area contributed by atoms with Crippen LogP contribution in [0.4, 0.5) is 36.9 Å². The molecule has 49 heavy (non-hydrogen) atoms. The summed E-state index contributed by atoms with van der Waals surface area (Å²) in [7, 11) is 1.75. The Labute approximate surface area is 283 Å². The number of halogens is 1. The highest BCUT2D eigenvalue weighted by Gasteiger charge is 2.33. The van der Waals surface area contributed by atoms with Crippen molar-refractivity contribution in [1.82, 2.24) is 14.9 Å². The molecule has 4 aromatic rings. The van der Waals surface area contributed by atoms with Gasteiger partial charge in [-0.1, -0.05) is 0 Å². The Bertz CT molecular complexity index is 2020. The third-order valence-corrected chi connectivity index (χ3v) is 7.95. The van der Waals surface area contributed by atoms with Gasteiger partial charge in [-0.3, -0.25) is 15.0 Å². The third kappa shape index (κ3) is 6.78. The molecule has 2 aliphatic rings. The van der Waals surface area contributed by atoms with Gasteiger partial charge in [0.15, 0.2) is 5.82 Å². The Morgan fingerprint density at radius 2 is 1.69 bits per heavy atom. The molecular formula is C36H39FN6O6. The van der Waals surface area contributed by atoms with Crippen LogP contribution >= 0.6 is 0 Å². The molecule has 4 heterocycles. The first kappa shape index (κ1) is 33.4. The Morgan fingerprint density at radius 3 is 2.41 bits per heavy atom. The number of benzene rings is 2. The zero-order valence-corrected chi connectivity index (χ0v) is 28.8. The average Bonchev–Trinajstić information content (AvgIpc) is 3.28. The first-order valence-electron chi connectivity index (χ1n) is 15.9. The van der Waals surface area contributed by atoms with E-state index in [9.17, 15) is 14.4 Å². The van der Waals surface area contributed by atoms with Crippen molar-refractivity contribution >= 4 is 51.7 Å². The van der Waals surface area contributed by atoms with Gasteiger partial charge in [-0.2, -0.15) is 0 Å². The van der Waals surface area contributed by atoms with Gasteiger partial charge < -0.3 is 24.4 Å². The van der Waals surface area contributed by atoms with E-state index in [2.05, 4.69) is 20.6 Å². The van der Waals surface area contributed by atoms with Crippen molar-refractivity contribution in [1.29, 1.82) is 0 Å². The molecule has 0 aliphatic carbocycles. The number of hydrogen-bond donors (Lipinski definition) is 2. The summed E-state index contributed by atoms with van der Waals surface area (Å²) in [6.45, 7) is 13.2. The van der Waals surface area contributed by atoms with Crippen molar-refractivity contribution in [3.05, 3.63) is 65.2 Å². The second kappa shape index (κ2) is 12.2. The fraction of sp³-hybridized carbons (Fsp3) is 0.361. The van der Waals surface area contributed by atoms with Crippen molar-refractivity contribution in [2.45, 2.75) is 66.2 Å². The minimum Gasteiger partial charge on any atom is -0.474 e. The van der Waals surface area contributed by atoms with E-state index in [1.54, 1.807) is 84.7 Å². The van der Waals surface area contributed by atoms with Crippen molar-refractivity contribution in [3.8, 4) is 17.0 Å². The van der Waals surface area contributed by atoms with Crippen LogP contribution in [0.1, 0.15) is 63.0 Å². The van der Waals surface area contributed by atoms with Crippen LogP contribution in [0.25, 0.3) is 21.9 Å². The van der Waals surface area contributed by atoms with E-state index in [4.69, 9.17) is 14.2 Å². The van der Waals surface area contributed by atoms with Crippen LogP contribution in [0.15, 0.2) is 42.7 Å². The first-order valence-corrected chi connectivity index (χ1v) is 15.9. The maximum Gasteiger partial charge on any atom is 0.415 e. The summed E-state index contributed by atoms with van der Waals surface area (Å²) in [5.74, 6) is -0.0864. The Kier molecular flexibility index (Phi) is 8.33. The van der Waals surface area contributed by atoms with E-state index >= 15 is 4.39 Å². The van der Waals surface area contributed by atoms with E-state index in [1.165, 1.54) is 17.3 Å². The molecule has 0 atom stereocenters. The summed E-state index contributed by atoms with van der Waals surface area (Å²) in [5.41, 5.74) is 1.97. The van der Waals surface area contributed by atoms with Crippen LogP contribution in [-0.2, 0) is 16.0 Å². The van der Waals surface area contributed by atoms with E-state index in [0.717, 1.165) is 11.3 Å². The maximum atomic E-state index is 16.7. The SMILES string of the molecule is Cc1c(-c2cc3cc(Nc4ccc5c(c4)CN(C)C5=O)ncc3c(NC(=O)OC(C)(C)C)c2F)cnc2c1N(C(=O)OC(C)(C)C)CCO2. The van der Waals surface area contributed by atoms with Crippen molar-refractivity contribution < 1.29 is 33.0 Å². The minimum absolute atomic E-state index is 0.0299. The van der Waals surface area contributed by atoms with Crippen LogP contribution in [0.3, 0.4) is 0 Å². The molecule has 0 spiro atoms. The predicted molar refractivity (Wildman–Crippen MR) is 184 cm³/mol. The fourth-order valence-electron chi connectivity index (χ4n) is 5.86. The number of fused-ring (bicyclic) bond motifs is 3. The van der Waals surface area contributed by atoms with Gasteiger partial charge in [-0.25, -0.2) is 23.9 Å². The smallest absolute Gasteiger partial charge is 0.415 e. The number of nitrogens with one attached hydrogen (secondary N) is 2. The molecule has 0 unspecified atom stereocenters. The normalized spacial score (nSPS) is 14.3. The fourth-order valence-corrected chi connectivity index (χ4v) is 5.86. The molecule has 13 heteroatoms. The summed E-state index contributed by atoms with van der Waals surface area (Å²) in [5, 5.41) is 6.76. The summed E-state index contributed by atoms with van der Waals surface area (Å²) in [6.07, 6.45) is 1.54. The second-order valence-electron chi connectivity index (χ2n) is 14.1. The van der Waals surface area contributed by atoms with Gasteiger partial charge in [0, 0.05) is 53.8 Å². The van der Waals surface area contributed by atoms with Gasteiger partial charge in [-0.15, -0.1) is 0 Å². The zero-order valence-electron chi connectivity index (χ0n) is 28.8. The molecule has 3 amide bonds. The van der Waals surface area contributed by atoms with E-state index in [1.807, 2.05) is 6.07 Å². The lowest BCUT2D eigenvalue weighted by atomic mass is 9.96. The number of rotatable bonds is 4. The number of amides is 3. The van der Waals surface area contributed by atoms with Crippen LogP contribution in [0, 0.1) is 12.7 Å². The van der Waals surface area contributed by atoms with Crippen LogP contribution in [0.2, 0.25) is 0 Å². The molecular weight excluding hydrogens is 631 g/mol. The van der Waals surface area contributed by atoms with Gasteiger partial charge in [0.1, 0.15) is 29.3 Å². The maximum absolute atomic E-state index is 16.7. The van der Waals surface area contributed by atoms with Gasteiger partial charge in [0.25, 0.3) is 5.91 Å². The molecule has 2 aliphatic heterocycles. The number of ether oxygens (including phenoxy) is 3. The lowest BCUT2D eigenvalue weighted by Crippen LogP contribution is -2.42. The lowest BCUT2D eigenvalue weighted by Gasteiger charge is -2.32. The highest BCUT2D eigenvalue weighted by molar-refractivity contribution is 6.04. The summed E-state index contributed by atoms with van der Waals surface area (Å²) in [6, 6.07) is 8.85. The van der Waals surface area contributed by atoms with Gasteiger partial charge in [-0.05, 0) is 95.3 Å². The lowest BCUT2D eigenvalue weighted by molar-refractivity contribution is 0.0564.